The van der Waals surface area contributed by atoms with Gasteiger partial charge in [-0.2, -0.15) is 0 Å². The lowest BCUT2D eigenvalue weighted by molar-refractivity contribution is -0.140. The van der Waals surface area contributed by atoms with Gasteiger partial charge in [-0.3, -0.25) is 9.69 Å². The first-order valence-electron chi connectivity index (χ1n) is 6.22. The van der Waals surface area contributed by atoms with E-state index < -0.39 is 5.97 Å². The maximum Gasteiger partial charge on any atom is 0.305 e. The van der Waals surface area contributed by atoms with Gasteiger partial charge in [0.1, 0.15) is 0 Å². The van der Waals surface area contributed by atoms with Crippen molar-refractivity contribution in [3.63, 3.8) is 0 Å². The van der Waals surface area contributed by atoms with Crippen LogP contribution in [0.2, 0.25) is 0 Å². The van der Waals surface area contributed by atoms with E-state index in [1.165, 1.54) is 19.3 Å². The van der Waals surface area contributed by atoms with E-state index in [4.69, 9.17) is 9.84 Å². The number of carbonyl (C=O) groups is 1. The van der Waals surface area contributed by atoms with E-state index in [1.54, 1.807) is 0 Å². The van der Waals surface area contributed by atoms with Crippen LogP contribution >= 0.6 is 0 Å². The Labute approximate surface area is 96.6 Å². The predicted molar refractivity (Wildman–Crippen MR) is 60.4 cm³/mol. The molecule has 4 nitrogen and oxygen atoms in total. The number of ether oxygens (including phenoxy) is 1. The maximum absolute atomic E-state index is 10.8. The number of rotatable bonds is 3. The van der Waals surface area contributed by atoms with Gasteiger partial charge < -0.3 is 9.84 Å². The zero-order chi connectivity index (χ0) is 11.5. The molecule has 1 aliphatic heterocycles. The van der Waals surface area contributed by atoms with Crippen molar-refractivity contribution < 1.29 is 14.6 Å². The molecule has 1 heterocycles. The first kappa shape index (κ1) is 11.9. The highest BCUT2D eigenvalue weighted by atomic mass is 16.5. The van der Waals surface area contributed by atoms with Gasteiger partial charge in [-0.25, -0.2) is 0 Å². The molecule has 0 aromatic rings. The van der Waals surface area contributed by atoms with E-state index in [9.17, 15) is 4.79 Å². The third-order valence-electron chi connectivity index (χ3n) is 3.82. The highest BCUT2D eigenvalue weighted by Gasteiger charge is 2.34. The predicted octanol–water partition coefficient (Wildman–Crippen LogP) is 1.35. The van der Waals surface area contributed by atoms with E-state index in [0.29, 0.717) is 12.6 Å². The summed E-state index contributed by atoms with van der Waals surface area (Å²) in [5.41, 5.74) is 0. The Morgan fingerprint density at radius 3 is 2.94 bits per heavy atom. The highest BCUT2D eigenvalue weighted by molar-refractivity contribution is 5.67. The summed E-state index contributed by atoms with van der Waals surface area (Å²) in [5.74, 6) is 0.0740. The molecule has 1 saturated carbocycles. The van der Waals surface area contributed by atoms with Gasteiger partial charge in [0, 0.05) is 18.6 Å². The molecule has 0 aromatic heterocycles. The van der Waals surface area contributed by atoms with E-state index in [-0.39, 0.29) is 12.5 Å². The van der Waals surface area contributed by atoms with E-state index in [1.807, 2.05) is 0 Å². The molecule has 0 bridgehead atoms. The fraction of sp³-hybridized carbons (Fsp3) is 0.917. The molecule has 1 N–H and O–H groups in total. The lowest BCUT2D eigenvalue weighted by Gasteiger charge is -2.39. The number of hydrogen-bond donors (Lipinski definition) is 1. The maximum atomic E-state index is 10.8. The lowest BCUT2D eigenvalue weighted by atomic mass is 10.1. The molecule has 0 aromatic carbocycles. The molecule has 2 aliphatic rings. The summed E-state index contributed by atoms with van der Waals surface area (Å²) in [6.45, 7) is 4.51. The molecule has 16 heavy (non-hydrogen) atoms. The molecular formula is C12H21NO3. The number of hydrogen-bond acceptors (Lipinski definition) is 3. The van der Waals surface area contributed by atoms with Gasteiger partial charge >= 0.3 is 5.97 Å². The molecule has 0 spiro atoms. The summed E-state index contributed by atoms with van der Waals surface area (Å²) in [4.78, 5) is 13.2. The molecule has 2 rings (SSSR count). The first-order chi connectivity index (χ1) is 7.66. The minimum atomic E-state index is -0.716. The fourth-order valence-corrected chi connectivity index (χ4v) is 3.00. The van der Waals surface area contributed by atoms with Crippen LogP contribution in [0.5, 0.6) is 0 Å². The Morgan fingerprint density at radius 2 is 2.31 bits per heavy atom. The average molecular weight is 227 g/mol. The van der Waals surface area contributed by atoms with Crippen LogP contribution in [0.4, 0.5) is 0 Å². The zero-order valence-corrected chi connectivity index (χ0v) is 9.89. The molecular weight excluding hydrogens is 206 g/mol. The molecule has 3 atom stereocenters. The molecule has 4 heteroatoms. The monoisotopic (exact) mass is 227 g/mol. The number of carboxylic acids is 1. The third kappa shape index (κ3) is 2.74. The molecule has 92 valence electrons. The van der Waals surface area contributed by atoms with Crippen LogP contribution in [0.3, 0.4) is 0 Å². The fourth-order valence-electron chi connectivity index (χ4n) is 3.00. The van der Waals surface area contributed by atoms with Crippen LogP contribution in [0, 0.1) is 5.92 Å². The van der Waals surface area contributed by atoms with Crippen LogP contribution in [0.25, 0.3) is 0 Å². The number of aliphatic carboxylic acids is 1. The Bertz CT molecular complexity index is 257. The van der Waals surface area contributed by atoms with Crippen molar-refractivity contribution in [2.24, 2.45) is 5.92 Å². The van der Waals surface area contributed by atoms with Gasteiger partial charge in [0.05, 0.1) is 19.6 Å². The van der Waals surface area contributed by atoms with Gasteiger partial charge in [-0.1, -0.05) is 6.92 Å². The van der Waals surface area contributed by atoms with Crippen molar-refractivity contribution in [3.8, 4) is 0 Å². The summed E-state index contributed by atoms with van der Waals surface area (Å²) in [5, 5.41) is 8.90. The highest BCUT2D eigenvalue weighted by Crippen LogP contribution is 2.31. The summed E-state index contributed by atoms with van der Waals surface area (Å²) in [7, 11) is 0. The van der Waals surface area contributed by atoms with E-state index in [0.717, 1.165) is 19.1 Å². The third-order valence-corrected chi connectivity index (χ3v) is 3.82. The Balaban J connectivity index is 1.96. The Kier molecular flexibility index (Phi) is 3.82. The second-order valence-corrected chi connectivity index (χ2v) is 5.14. The van der Waals surface area contributed by atoms with E-state index >= 15 is 0 Å². The average Bonchev–Trinajstić information content (AvgIpc) is 2.65. The Morgan fingerprint density at radius 1 is 1.50 bits per heavy atom. The standard InChI is InChI=1S/C12H21NO3/c1-9-2-3-10(6-9)13-4-5-16-8-11(13)7-12(14)15/h9-11H,2-8H2,1H3,(H,14,15). The summed E-state index contributed by atoms with van der Waals surface area (Å²) in [6.07, 6.45) is 3.93. The van der Waals surface area contributed by atoms with Gasteiger partial charge in [0.2, 0.25) is 0 Å². The molecule has 0 radical (unpaired) electrons. The van der Waals surface area contributed by atoms with Gasteiger partial charge in [-0.15, -0.1) is 0 Å². The van der Waals surface area contributed by atoms with Crippen molar-refractivity contribution in [2.45, 2.75) is 44.7 Å². The molecule has 1 saturated heterocycles. The van der Waals surface area contributed by atoms with Crippen LogP contribution in [0.15, 0.2) is 0 Å². The summed E-state index contributed by atoms with van der Waals surface area (Å²) >= 11 is 0. The largest absolute Gasteiger partial charge is 0.481 e. The second-order valence-electron chi connectivity index (χ2n) is 5.14. The SMILES string of the molecule is CC1CCC(N2CCOCC2CC(=O)O)C1. The topological polar surface area (TPSA) is 49.8 Å². The van der Waals surface area contributed by atoms with Gasteiger partial charge in [0.15, 0.2) is 0 Å². The smallest absolute Gasteiger partial charge is 0.305 e. The van der Waals surface area contributed by atoms with Crippen molar-refractivity contribution in [1.29, 1.82) is 0 Å². The quantitative estimate of drug-likeness (QED) is 0.790. The molecule has 3 unspecified atom stereocenters. The number of carboxylic acid groups (broad SMARTS) is 1. The molecule has 2 fully saturated rings. The minimum absolute atomic E-state index is 0.0848. The van der Waals surface area contributed by atoms with Crippen LogP contribution in [0.1, 0.15) is 32.6 Å². The number of morpholine rings is 1. The minimum Gasteiger partial charge on any atom is -0.481 e. The van der Waals surface area contributed by atoms with Crippen molar-refractivity contribution >= 4 is 5.97 Å². The molecule has 1 aliphatic carbocycles. The van der Waals surface area contributed by atoms with Crippen molar-refractivity contribution in [1.82, 2.24) is 4.90 Å². The van der Waals surface area contributed by atoms with Gasteiger partial charge in [-0.05, 0) is 25.2 Å². The first-order valence-corrected chi connectivity index (χ1v) is 6.22. The van der Waals surface area contributed by atoms with Crippen LogP contribution < -0.4 is 0 Å². The van der Waals surface area contributed by atoms with Crippen LogP contribution in [-0.2, 0) is 9.53 Å². The summed E-state index contributed by atoms with van der Waals surface area (Å²) < 4.78 is 5.39. The van der Waals surface area contributed by atoms with Crippen molar-refractivity contribution in [2.75, 3.05) is 19.8 Å². The Hall–Kier alpha value is -0.610. The van der Waals surface area contributed by atoms with E-state index in [2.05, 4.69) is 11.8 Å². The van der Waals surface area contributed by atoms with Crippen molar-refractivity contribution in [3.05, 3.63) is 0 Å². The normalized spacial score (nSPS) is 36.4. The summed E-state index contributed by atoms with van der Waals surface area (Å²) in [6, 6.07) is 0.671. The second kappa shape index (κ2) is 5.15. The lowest BCUT2D eigenvalue weighted by Crippen LogP contribution is -2.50. The number of nitrogens with zero attached hydrogens (tertiary/aromatic N) is 1. The zero-order valence-electron chi connectivity index (χ0n) is 9.89. The van der Waals surface area contributed by atoms with Gasteiger partial charge in [0.25, 0.3) is 0 Å². The molecule has 0 amide bonds. The van der Waals surface area contributed by atoms with Crippen LogP contribution in [-0.4, -0.2) is 47.8 Å².